The molecule has 1 unspecified atom stereocenters. The molecule has 0 radical (unpaired) electrons. The molecule has 1 heterocycles. The van der Waals surface area contributed by atoms with Gasteiger partial charge >= 0.3 is 0 Å². The third-order valence-electron chi connectivity index (χ3n) is 3.72. The van der Waals surface area contributed by atoms with E-state index in [0.29, 0.717) is 13.0 Å². The van der Waals surface area contributed by atoms with Gasteiger partial charge in [-0.2, -0.15) is 0 Å². The molecule has 110 valence electrons. The van der Waals surface area contributed by atoms with E-state index in [1.54, 1.807) is 0 Å². The summed E-state index contributed by atoms with van der Waals surface area (Å²) in [6, 6.07) is 5.87. The van der Waals surface area contributed by atoms with Gasteiger partial charge in [0, 0.05) is 13.1 Å². The van der Waals surface area contributed by atoms with Crippen molar-refractivity contribution in [3.63, 3.8) is 0 Å². The molecule has 1 atom stereocenters. The number of nitrogens with zero attached hydrogens (tertiary/aromatic N) is 1. The van der Waals surface area contributed by atoms with Crippen LogP contribution < -0.4 is 15.4 Å². The van der Waals surface area contributed by atoms with Gasteiger partial charge in [0.05, 0.1) is 5.69 Å². The maximum absolute atomic E-state index is 12.5. The van der Waals surface area contributed by atoms with Crippen LogP contribution in [0, 0.1) is 0 Å². The molecule has 1 amide bonds. The number of ether oxygens (including phenoxy) is 1. The fourth-order valence-electron chi connectivity index (χ4n) is 2.51. The van der Waals surface area contributed by atoms with E-state index in [2.05, 4.69) is 6.92 Å². The third kappa shape index (κ3) is 2.96. The zero-order chi connectivity index (χ0) is 14.5. The Morgan fingerprint density at radius 2 is 2.10 bits per heavy atom. The maximum Gasteiger partial charge on any atom is 0.268 e. The van der Waals surface area contributed by atoms with Crippen molar-refractivity contribution in [2.45, 2.75) is 52.2 Å². The van der Waals surface area contributed by atoms with E-state index in [4.69, 9.17) is 10.5 Å². The molecule has 0 aliphatic carbocycles. The van der Waals surface area contributed by atoms with Crippen molar-refractivity contribution in [1.29, 1.82) is 0 Å². The first kappa shape index (κ1) is 14.9. The number of fused-ring (bicyclic) bond motifs is 1. The second kappa shape index (κ2) is 6.75. The van der Waals surface area contributed by atoms with Gasteiger partial charge < -0.3 is 15.4 Å². The van der Waals surface area contributed by atoms with Gasteiger partial charge in [-0.1, -0.05) is 32.8 Å². The molecule has 1 aromatic rings. The zero-order valence-corrected chi connectivity index (χ0v) is 12.4. The second-order valence-electron chi connectivity index (χ2n) is 5.22. The summed E-state index contributed by atoms with van der Waals surface area (Å²) in [6.07, 6.45) is 3.64. The Bertz CT molecular complexity index is 474. The van der Waals surface area contributed by atoms with E-state index < -0.39 is 0 Å². The first-order chi connectivity index (χ1) is 9.71. The topological polar surface area (TPSA) is 55.6 Å². The van der Waals surface area contributed by atoms with Gasteiger partial charge in [0.25, 0.3) is 5.91 Å². The van der Waals surface area contributed by atoms with Crippen molar-refractivity contribution in [3.8, 4) is 5.75 Å². The number of amides is 1. The van der Waals surface area contributed by atoms with Crippen molar-refractivity contribution in [2.24, 2.45) is 5.73 Å². The summed E-state index contributed by atoms with van der Waals surface area (Å²) in [7, 11) is 0. The van der Waals surface area contributed by atoms with E-state index in [1.165, 1.54) is 0 Å². The first-order valence-electron chi connectivity index (χ1n) is 7.52. The van der Waals surface area contributed by atoms with Crippen LogP contribution in [0.4, 0.5) is 5.69 Å². The number of nitrogens with two attached hydrogens (primary N) is 1. The Morgan fingerprint density at radius 1 is 1.30 bits per heavy atom. The van der Waals surface area contributed by atoms with E-state index in [0.717, 1.165) is 42.8 Å². The number of benzene rings is 1. The van der Waals surface area contributed by atoms with Crippen LogP contribution in [0.15, 0.2) is 18.2 Å². The van der Waals surface area contributed by atoms with Crippen LogP contribution in [0.1, 0.15) is 45.1 Å². The summed E-state index contributed by atoms with van der Waals surface area (Å²) < 4.78 is 5.80. The van der Waals surface area contributed by atoms with Crippen molar-refractivity contribution in [2.75, 3.05) is 11.4 Å². The number of hydrogen-bond donors (Lipinski definition) is 1. The summed E-state index contributed by atoms with van der Waals surface area (Å²) in [5, 5.41) is 0. The predicted octanol–water partition coefficient (Wildman–Crippen LogP) is 2.84. The largest absolute Gasteiger partial charge is 0.478 e. The monoisotopic (exact) mass is 276 g/mol. The molecule has 4 heteroatoms. The Hall–Kier alpha value is -1.55. The molecule has 1 aliphatic rings. The van der Waals surface area contributed by atoms with E-state index in [9.17, 15) is 4.79 Å². The molecule has 0 saturated carbocycles. The molecule has 0 bridgehead atoms. The number of carbonyl (C=O) groups excluding carboxylic acids is 1. The molecular weight excluding hydrogens is 252 g/mol. The number of rotatable bonds is 6. The van der Waals surface area contributed by atoms with Gasteiger partial charge in [-0.3, -0.25) is 4.79 Å². The lowest BCUT2D eigenvalue weighted by Crippen LogP contribution is -2.46. The molecule has 4 nitrogen and oxygen atoms in total. The van der Waals surface area contributed by atoms with Crippen LogP contribution in [-0.2, 0) is 11.3 Å². The Balaban J connectivity index is 2.29. The van der Waals surface area contributed by atoms with Gasteiger partial charge in [0.15, 0.2) is 6.10 Å². The summed E-state index contributed by atoms with van der Waals surface area (Å²) in [5.74, 6) is 0.871. The molecule has 0 spiro atoms. The Labute approximate surface area is 120 Å². The van der Waals surface area contributed by atoms with Gasteiger partial charge in [-0.25, -0.2) is 0 Å². The van der Waals surface area contributed by atoms with Crippen LogP contribution in [0.5, 0.6) is 5.75 Å². The molecule has 2 rings (SSSR count). The quantitative estimate of drug-likeness (QED) is 0.813. The van der Waals surface area contributed by atoms with Gasteiger partial charge in [-0.15, -0.1) is 0 Å². The maximum atomic E-state index is 12.5. The molecule has 1 aliphatic heterocycles. The molecule has 2 N–H and O–H groups in total. The van der Waals surface area contributed by atoms with Crippen LogP contribution in [0.3, 0.4) is 0 Å². The lowest BCUT2D eigenvalue weighted by atomic mass is 10.1. The standard InChI is InChI=1S/C16H24N2O2/c1-3-5-6-9-18-13-10-12(11-17)7-8-15(13)20-14(4-2)16(18)19/h7-8,10,14H,3-6,9,11,17H2,1-2H3. The second-order valence-corrected chi connectivity index (χ2v) is 5.22. The van der Waals surface area contributed by atoms with Crippen molar-refractivity contribution >= 4 is 11.6 Å². The van der Waals surface area contributed by atoms with Crippen molar-refractivity contribution in [1.82, 2.24) is 0 Å². The summed E-state index contributed by atoms with van der Waals surface area (Å²) >= 11 is 0. The lowest BCUT2D eigenvalue weighted by Gasteiger charge is -2.34. The minimum absolute atomic E-state index is 0.0743. The van der Waals surface area contributed by atoms with E-state index >= 15 is 0 Å². The Morgan fingerprint density at radius 3 is 2.75 bits per heavy atom. The molecule has 0 fully saturated rings. The van der Waals surface area contributed by atoms with Crippen molar-refractivity contribution < 1.29 is 9.53 Å². The highest BCUT2D eigenvalue weighted by molar-refractivity contribution is 6.00. The highest BCUT2D eigenvalue weighted by Gasteiger charge is 2.32. The molecule has 1 aromatic carbocycles. The average molecular weight is 276 g/mol. The number of hydrogen-bond acceptors (Lipinski definition) is 3. The van der Waals surface area contributed by atoms with Crippen LogP contribution >= 0.6 is 0 Å². The average Bonchev–Trinajstić information content (AvgIpc) is 2.48. The highest BCUT2D eigenvalue weighted by Crippen LogP contribution is 2.35. The fourth-order valence-corrected chi connectivity index (χ4v) is 2.51. The zero-order valence-electron chi connectivity index (χ0n) is 12.4. The van der Waals surface area contributed by atoms with Gasteiger partial charge in [0.1, 0.15) is 5.75 Å². The molecular formula is C16H24N2O2. The smallest absolute Gasteiger partial charge is 0.268 e. The summed E-state index contributed by atoms with van der Waals surface area (Å²) in [4.78, 5) is 14.4. The van der Waals surface area contributed by atoms with Crippen molar-refractivity contribution in [3.05, 3.63) is 23.8 Å². The molecule has 20 heavy (non-hydrogen) atoms. The lowest BCUT2D eigenvalue weighted by molar-refractivity contribution is -0.126. The van der Waals surface area contributed by atoms with Gasteiger partial charge in [0.2, 0.25) is 0 Å². The first-order valence-corrected chi connectivity index (χ1v) is 7.52. The van der Waals surface area contributed by atoms with Crippen LogP contribution in [-0.4, -0.2) is 18.6 Å². The van der Waals surface area contributed by atoms with E-state index in [1.807, 2.05) is 30.0 Å². The number of anilines is 1. The van der Waals surface area contributed by atoms with Crippen LogP contribution in [0.25, 0.3) is 0 Å². The summed E-state index contributed by atoms with van der Waals surface area (Å²) in [6.45, 7) is 5.37. The normalized spacial score (nSPS) is 17.9. The van der Waals surface area contributed by atoms with Gasteiger partial charge in [-0.05, 0) is 30.5 Å². The summed E-state index contributed by atoms with van der Waals surface area (Å²) in [5.41, 5.74) is 7.59. The number of carbonyl (C=O) groups is 1. The minimum Gasteiger partial charge on any atom is -0.478 e. The number of unbranched alkanes of at least 4 members (excludes halogenated alkanes) is 2. The molecule has 0 saturated heterocycles. The SMILES string of the molecule is CCCCCN1C(=O)C(CC)Oc2ccc(CN)cc21. The third-order valence-corrected chi connectivity index (χ3v) is 3.72. The predicted molar refractivity (Wildman–Crippen MR) is 80.9 cm³/mol. The fraction of sp³-hybridized carbons (Fsp3) is 0.562. The van der Waals surface area contributed by atoms with E-state index in [-0.39, 0.29) is 12.0 Å². The Kier molecular flexibility index (Phi) is 5.01. The van der Waals surface area contributed by atoms with Crippen LogP contribution in [0.2, 0.25) is 0 Å². The molecule has 0 aromatic heterocycles. The minimum atomic E-state index is -0.354. The highest BCUT2D eigenvalue weighted by atomic mass is 16.5.